The Labute approximate surface area is 177 Å². The molecule has 7 unspecified atom stereocenters. The van der Waals surface area contributed by atoms with Gasteiger partial charge in [0.2, 0.25) is 5.91 Å². The monoisotopic (exact) mass is 393 g/mol. The zero-order valence-electron chi connectivity index (χ0n) is 18.6. The summed E-state index contributed by atoms with van der Waals surface area (Å²) < 4.78 is 0. The largest absolute Gasteiger partial charge is 0.315 e. The smallest absolute Gasteiger partial charge is 0.230 e. The van der Waals surface area contributed by atoms with Crippen LogP contribution in [0, 0.1) is 46.8 Å². The van der Waals surface area contributed by atoms with E-state index in [-0.39, 0.29) is 11.3 Å². The van der Waals surface area contributed by atoms with Gasteiger partial charge in [0.25, 0.3) is 0 Å². The number of fused-ring (bicyclic) bond motifs is 5. The Morgan fingerprint density at radius 1 is 0.931 bits per heavy atom. The lowest BCUT2D eigenvalue weighted by atomic mass is 9.49. The number of rotatable bonds is 2. The number of para-hydroxylation sites is 1. The van der Waals surface area contributed by atoms with Gasteiger partial charge in [-0.3, -0.25) is 4.79 Å². The van der Waals surface area contributed by atoms with Crippen LogP contribution in [-0.4, -0.2) is 13.0 Å². The SMILES string of the molecule is CC1CCC2C(CCC3C2CCC2(C)C3CC[C@@H]2C(=O)N(C)c2ccccc2)C1. The molecule has 0 aliphatic heterocycles. The molecule has 0 radical (unpaired) electrons. The highest BCUT2D eigenvalue weighted by Crippen LogP contribution is 2.64. The minimum atomic E-state index is 0.211. The van der Waals surface area contributed by atoms with Gasteiger partial charge in [0, 0.05) is 18.7 Å². The predicted octanol–water partition coefficient (Wildman–Crippen LogP) is 6.55. The Morgan fingerprint density at radius 2 is 1.69 bits per heavy atom. The van der Waals surface area contributed by atoms with Crippen LogP contribution in [0.15, 0.2) is 30.3 Å². The fourth-order valence-electron chi connectivity index (χ4n) is 8.51. The normalized spacial score (nSPS) is 43.8. The standard InChI is InChI=1S/C27H39NO/c1-18-9-11-21-19(17-18)10-12-23-22(21)15-16-27(2)24(23)13-14-25(27)26(29)28(3)20-7-5-4-6-8-20/h4-8,18-19,21-25H,9-17H2,1-3H3/t18?,19?,21?,22?,23?,24?,25-,27?/m1/s1. The van der Waals surface area contributed by atoms with Crippen LogP contribution in [0.2, 0.25) is 0 Å². The molecule has 29 heavy (non-hydrogen) atoms. The van der Waals surface area contributed by atoms with Crippen LogP contribution in [0.25, 0.3) is 0 Å². The molecule has 8 atom stereocenters. The van der Waals surface area contributed by atoms with E-state index in [1.54, 1.807) is 0 Å². The van der Waals surface area contributed by atoms with Crippen LogP contribution in [0.5, 0.6) is 0 Å². The van der Waals surface area contributed by atoms with E-state index in [9.17, 15) is 4.79 Å². The van der Waals surface area contributed by atoms with E-state index in [4.69, 9.17) is 0 Å². The summed E-state index contributed by atoms with van der Waals surface area (Å²) in [7, 11) is 1.98. The molecule has 4 saturated carbocycles. The Balaban J connectivity index is 1.34. The maximum atomic E-state index is 13.6. The van der Waals surface area contributed by atoms with Crippen molar-refractivity contribution in [3.8, 4) is 0 Å². The third-order valence-corrected chi connectivity index (χ3v) is 9.99. The molecule has 0 N–H and O–H groups in total. The van der Waals surface area contributed by atoms with E-state index in [0.717, 1.165) is 47.6 Å². The Kier molecular flexibility index (Phi) is 5.03. The average Bonchev–Trinajstić information content (AvgIpc) is 3.10. The van der Waals surface area contributed by atoms with Gasteiger partial charge in [-0.25, -0.2) is 0 Å². The second-order valence-corrected chi connectivity index (χ2v) is 11.3. The molecule has 1 amide bonds. The molecule has 1 aromatic carbocycles. The fourth-order valence-corrected chi connectivity index (χ4v) is 8.51. The van der Waals surface area contributed by atoms with Gasteiger partial charge in [-0.05, 0) is 104 Å². The maximum absolute atomic E-state index is 13.6. The number of nitrogens with zero attached hydrogens (tertiary/aromatic N) is 1. The van der Waals surface area contributed by atoms with Crippen molar-refractivity contribution in [3.63, 3.8) is 0 Å². The van der Waals surface area contributed by atoms with E-state index >= 15 is 0 Å². The zero-order chi connectivity index (χ0) is 20.2. The van der Waals surface area contributed by atoms with Gasteiger partial charge in [-0.1, -0.05) is 38.5 Å². The van der Waals surface area contributed by atoms with E-state index in [1.165, 1.54) is 51.4 Å². The van der Waals surface area contributed by atoms with Crippen LogP contribution >= 0.6 is 0 Å². The molecular formula is C27H39NO. The van der Waals surface area contributed by atoms with E-state index in [0.29, 0.717) is 5.91 Å². The number of anilines is 1. The maximum Gasteiger partial charge on any atom is 0.230 e. The molecule has 4 aliphatic carbocycles. The third kappa shape index (κ3) is 3.17. The summed E-state index contributed by atoms with van der Waals surface area (Å²) >= 11 is 0. The zero-order valence-corrected chi connectivity index (χ0v) is 18.6. The molecule has 2 nitrogen and oxygen atoms in total. The predicted molar refractivity (Wildman–Crippen MR) is 120 cm³/mol. The topological polar surface area (TPSA) is 20.3 Å². The first-order chi connectivity index (χ1) is 14.0. The van der Waals surface area contributed by atoms with Gasteiger partial charge in [0.1, 0.15) is 0 Å². The molecule has 0 heterocycles. The molecular weight excluding hydrogens is 354 g/mol. The molecule has 5 rings (SSSR count). The highest BCUT2D eigenvalue weighted by molar-refractivity contribution is 5.95. The average molecular weight is 394 g/mol. The highest BCUT2D eigenvalue weighted by Gasteiger charge is 2.58. The van der Waals surface area contributed by atoms with Crippen LogP contribution < -0.4 is 4.90 Å². The number of amides is 1. The molecule has 4 fully saturated rings. The summed E-state index contributed by atoms with van der Waals surface area (Å²) in [4.78, 5) is 15.5. The minimum Gasteiger partial charge on any atom is -0.315 e. The van der Waals surface area contributed by atoms with Crippen molar-refractivity contribution in [2.24, 2.45) is 46.8 Å². The van der Waals surface area contributed by atoms with Gasteiger partial charge in [0.05, 0.1) is 0 Å². The van der Waals surface area contributed by atoms with Gasteiger partial charge in [-0.2, -0.15) is 0 Å². The second kappa shape index (κ2) is 7.43. The molecule has 2 heteroatoms. The quantitative estimate of drug-likeness (QED) is 0.557. The van der Waals surface area contributed by atoms with Gasteiger partial charge < -0.3 is 4.90 Å². The van der Waals surface area contributed by atoms with E-state index in [1.807, 2.05) is 30.1 Å². The first-order valence-electron chi connectivity index (χ1n) is 12.3. The Hall–Kier alpha value is -1.31. The van der Waals surface area contributed by atoms with Crippen LogP contribution in [0.1, 0.15) is 71.6 Å². The lowest BCUT2D eigenvalue weighted by Gasteiger charge is -2.56. The highest BCUT2D eigenvalue weighted by atomic mass is 16.2. The van der Waals surface area contributed by atoms with Gasteiger partial charge in [0.15, 0.2) is 0 Å². The van der Waals surface area contributed by atoms with E-state index in [2.05, 4.69) is 26.0 Å². The second-order valence-electron chi connectivity index (χ2n) is 11.3. The summed E-state index contributed by atoms with van der Waals surface area (Å²) in [6, 6.07) is 10.2. The van der Waals surface area contributed by atoms with Gasteiger partial charge >= 0.3 is 0 Å². The summed E-state index contributed by atoms with van der Waals surface area (Å²) in [5.41, 5.74) is 1.26. The van der Waals surface area contributed by atoms with Crippen molar-refractivity contribution in [2.75, 3.05) is 11.9 Å². The summed E-state index contributed by atoms with van der Waals surface area (Å²) in [5, 5.41) is 0. The minimum absolute atomic E-state index is 0.211. The molecule has 1 aromatic rings. The van der Waals surface area contributed by atoms with Crippen molar-refractivity contribution in [1.29, 1.82) is 0 Å². The van der Waals surface area contributed by atoms with E-state index < -0.39 is 0 Å². The van der Waals surface area contributed by atoms with Crippen molar-refractivity contribution < 1.29 is 4.79 Å². The van der Waals surface area contributed by atoms with Crippen LogP contribution in [-0.2, 0) is 4.79 Å². The Bertz CT molecular complexity index is 744. The number of carbonyl (C=O) groups excluding carboxylic acids is 1. The van der Waals surface area contributed by atoms with Gasteiger partial charge in [-0.15, -0.1) is 0 Å². The fraction of sp³-hybridized carbons (Fsp3) is 0.741. The summed E-state index contributed by atoms with van der Waals surface area (Å²) in [6.07, 6.45) is 12.4. The lowest BCUT2D eigenvalue weighted by molar-refractivity contribution is -0.129. The number of carbonyl (C=O) groups is 1. The van der Waals surface area contributed by atoms with Crippen molar-refractivity contribution in [2.45, 2.75) is 71.6 Å². The first kappa shape index (κ1) is 19.6. The molecule has 0 aromatic heterocycles. The molecule has 0 saturated heterocycles. The lowest BCUT2D eigenvalue weighted by Crippen LogP contribution is -2.50. The molecule has 158 valence electrons. The third-order valence-electron chi connectivity index (χ3n) is 9.99. The summed E-state index contributed by atoms with van der Waals surface area (Å²) in [6.45, 7) is 4.95. The number of benzene rings is 1. The number of hydrogen-bond donors (Lipinski definition) is 0. The molecule has 0 spiro atoms. The van der Waals surface area contributed by atoms with Crippen LogP contribution in [0.4, 0.5) is 5.69 Å². The molecule has 4 aliphatic rings. The number of hydrogen-bond acceptors (Lipinski definition) is 1. The van der Waals surface area contributed by atoms with Crippen molar-refractivity contribution in [3.05, 3.63) is 30.3 Å². The molecule has 0 bridgehead atoms. The van der Waals surface area contributed by atoms with Crippen LogP contribution in [0.3, 0.4) is 0 Å². The first-order valence-corrected chi connectivity index (χ1v) is 12.3. The van der Waals surface area contributed by atoms with Crippen molar-refractivity contribution in [1.82, 2.24) is 0 Å². The van der Waals surface area contributed by atoms with Crippen molar-refractivity contribution >= 4 is 11.6 Å². The Morgan fingerprint density at radius 3 is 2.48 bits per heavy atom. The summed E-state index contributed by atoms with van der Waals surface area (Å²) in [5.74, 6) is 6.15.